The summed E-state index contributed by atoms with van der Waals surface area (Å²) in [5.74, 6) is 3.23. The highest BCUT2D eigenvalue weighted by atomic mass is 16.5. The second kappa shape index (κ2) is 8.53. The molecule has 0 heterocycles. The van der Waals surface area contributed by atoms with Crippen molar-refractivity contribution in [2.24, 2.45) is 0 Å². The lowest BCUT2D eigenvalue weighted by Gasteiger charge is -2.09. The second-order valence-corrected chi connectivity index (χ2v) is 4.77. The Hall–Kier alpha value is -2.73. The average Bonchev–Trinajstić information content (AvgIpc) is 2.56. The first-order valence-electron chi connectivity index (χ1n) is 7.39. The molecule has 2 rings (SSSR count). The molecule has 0 bridgehead atoms. The highest BCUT2D eigenvalue weighted by Crippen LogP contribution is 2.18. The van der Waals surface area contributed by atoms with Crippen LogP contribution in [0.25, 0.3) is 0 Å². The number of rotatable bonds is 5. The van der Waals surface area contributed by atoms with Crippen LogP contribution in [-0.2, 0) is 0 Å². The summed E-state index contributed by atoms with van der Waals surface area (Å²) in [4.78, 5) is 12.2. The van der Waals surface area contributed by atoms with Crippen LogP contribution < -0.4 is 10.1 Å². The van der Waals surface area contributed by atoms with E-state index in [2.05, 4.69) is 24.2 Å². The molecule has 0 unspecified atom stereocenters. The Morgan fingerprint density at radius 1 is 1.09 bits per heavy atom. The number of unbranched alkanes of at least 4 members (excludes halogenated alkanes) is 1. The van der Waals surface area contributed by atoms with E-state index < -0.39 is 0 Å². The molecule has 1 amide bonds. The van der Waals surface area contributed by atoms with Crippen molar-refractivity contribution in [2.45, 2.75) is 19.8 Å². The van der Waals surface area contributed by atoms with Crippen molar-refractivity contribution in [3.05, 3.63) is 65.7 Å². The number of para-hydroxylation sites is 1. The third-order valence-electron chi connectivity index (χ3n) is 3.04. The van der Waals surface area contributed by atoms with Gasteiger partial charge in [0.15, 0.2) is 0 Å². The van der Waals surface area contributed by atoms with E-state index in [1.54, 1.807) is 12.1 Å². The number of carbonyl (C=O) groups is 1. The quantitative estimate of drug-likeness (QED) is 0.519. The predicted molar refractivity (Wildman–Crippen MR) is 87.6 cm³/mol. The van der Waals surface area contributed by atoms with E-state index in [1.165, 1.54) is 0 Å². The lowest BCUT2D eigenvalue weighted by molar-refractivity contribution is 0.0969. The number of benzene rings is 2. The maximum atomic E-state index is 12.2. The Morgan fingerprint density at radius 2 is 1.82 bits per heavy atom. The van der Waals surface area contributed by atoms with Gasteiger partial charge in [0.05, 0.1) is 12.2 Å². The van der Waals surface area contributed by atoms with Gasteiger partial charge in [-0.2, -0.15) is 0 Å². The normalized spacial score (nSPS) is 9.50. The monoisotopic (exact) mass is 293 g/mol. The standard InChI is InChI=1S/C19H19NO2/c1-2-3-15-22-18-12-8-7-11-17(18)19(21)20-14-13-16-9-5-4-6-10-16/h4-12H,2-3,15H2,1H3,(H,20,21). The number of ether oxygens (including phenoxy) is 1. The van der Waals surface area contributed by atoms with Gasteiger partial charge in [0.1, 0.15) is 5.75 Å². The van der Waals surface area contributed by atoms with Gasteiger partial charge in [-0.15, -0.1) is 0 Å². The van der Waals surface area contributed by atoms with Gasteiger partial charge in [0.25, 0.3) is 5.91 Å². The fraction of sp³-hybridized carbons (Fsp3) is 0.211. The van der Waals surface area contributed by atoms with Gasteiger partial charge < -0.3 is 4.74 Å². The molecule has 0 atom stereocenters. The summed E-state index contributed by atoms with van der Waals surface area (Å²) in [6.07, 6.45) is 2.01. The second-order valence-electron chi connectivity index (χ2n) is 4.77. The molecule has 0 aliphatic carbocycles. The largest absolute Gasteiger partial charge is 0.493 e. The van der Waals surface area contributed by atoms with Crippen molar-refractivity contribution in [3.63, 3.8) is 0 Å². The number of nitrogens with one attached hydrogen (secondary N) is 1. The molecular weight excluding hydrogens is 274 g/mol. The molecule has 1 N–H and O–H groups in total. The summed E-state index contributed by atoms with van der Waals surface area (Å²) in [6.45, 7) is 2.71. The molecule has 3 heteroatoms. The summed E-state index contributed by atoms with van der Waals surface area (Å²) in [5.41, 5.74) is 1.36. The minimum atomic E-state index is -0.254. The molecule has 22 heavy (non-hydrogen) atoms. The van der Waals surface area contributed by atoms with Gasteiger partial charge in [-0.1, -0.05) is 43.7 Å². The zero-order valence-corrected chi connectivity index (χ0v) is 12.6. The number of hydrogen-bond donors (Lipinski definition) is 1. The molecule has 0 aliphatic rings. The van der Waals surface area contributed by atoms with Gasteiger partial charge in [-0.3, -0.25) is 10.1 Å². The molecule has 0 spiro atoms. The van der Waals surface area contributed by atoms with E-state index in [-0.39, 0.29) is 5.91 Å². The van der Waals surface area contributed by atoms with Crippen LogP contribution in [0.1, 0.15) is 35.7 Å². The van der Waals surface area contributed by atoms with Gasteiger partial charge in [-0.05, 0) is 36.6 Å². The SMILES string of the molecule is CCCCOc1ccccc1C(=O)NC#Cc1ccccc1. The van der Waals surface area contributed by atoms with Gasteiger partial charge in [0.2, 0.25) is 0 Å². The van der Waals surface area contributed by atoms with Crippen LogP contribution in [0.4, 0.5) is 0 Å². The maximum absolute atomic E-state index is 12.2. The van der Waals surface area contributed by atoms with Gasteiger partial charge >= 0.3 is 0 Å². The van der Waals surface area contributed by atoms with Crippen LogP contribution in [0.3, 0.4) is 0 Å². The van der Waals surface area contributed by atoms with Gasteiger partial charge in [0, 0.05) is 11.6 Å². The third-order valence-corrected chi connectivity index (χ3v) is 3.04. The highest BCUT2D eigenvalue weighted by Gasteiger charge is 2.10. The molecule has 0 radical (unpaired) electrons. The fourth-order valence-corrected chi connectivity index (χ4v) is 1.86. The topological polar surface area (TPSA) is 38.3 Å². The lowest BCUT2D eigenvalue weighted by Crippen LogP contribution is -2.19. The summed E-state index contributed by atoms with van der Waals surface area (Å²) in [6, 6.07) is 19.4. The zero-order valence-electron chi connectivity index (χ0n) is 12.6. The molecule has 0 saturated carbocycles. The highest BCUT2D eigenvalue weighted by molar-refractivity contribution is 5.97. The number of carbonyl (C=O) groups excluding carboxylic acids is 1. The molecule has 0 saturated heterocycles. The Bertz CT molecular complexity index is 669. The Kier molecular flexibility index (Phi) is 6.07. The van der Waals surface area contributed by atoms with Crippen molar-refractivity contribution in [2.75, 3.05) is 6.61 Å². The summed E-state index contributed by atoms with van der Waals surface area (Å²) in [7, 11) is 0. The van der Waals surface area contributed by atoms with Crippen LogP contribution in [-0.4, -0.2) is 12.5 Å². The summed E-state index contributed by atoms with van der Waals surface area (Å²) < 4.78 is 5.65. The van der Waals surface area contributed by atoms with E-state index >= 15 is 0 Å². The molecule has 0 aliphatic heterocycles. The van der Waals surface area contributed by atoms with Crippen molar-refractivity contribution in [1.29, 1.82) is 0 Å². The van der Waals surface area contributed by atoms with Crippen molar-refractivity contribution >= 4 is 5.91 Å². The Labute approximate surface area is 131 Å². The Morgan fingerprint density at radius 3 is 2.59 bits per heavy atom. The minimum Gasteiger partial charge on any atom is -0.493 e. The van der Waals surface area contributed by atoms with Crippen LogP contribution in [0.2, 0.25) is 0 Å². The van der Waals surface area contributed by atoms with E-state index in [1.807, 2.05) is 42.5 Å². The van der Waals surface area contributed by atoms with Crippen LogP contribution in [0.5, 0.6) is 5.75 Å². The Balaban J connectivity index is 2.02. The summed E-state index contributed by atoms with van der Waals surface area (Å²) in [5, 5.41) is 2.60. The fourth-order valence-electron chi connectivity index (χ4n) is 1.86. The van der Waals surface area contributed by atoms with Crippen LogP contribution in [0, 0.1) is 12.0 Å². The van der Waals surface area contributed by atoms with Crippen molar-refractivity contribution in [1.82, 2.24) is 5.32 Å². The smallest absolute Gasteiger partial charge is 0.266 e. The summed E-state index contributed by atoms with van der Waals surface area (Å²) >= 11 is 0. The molecule has 2 aromatic rings. The first-order chi connectivity index (χ1) is 10.8. The third kappa shape index (κ3) is 4.68. The predicted octanol–water partition coefficient (Wildman–Crippen LogP) is 3.60. The van der Waals surface area contributed by atoms with E-state index in [0.717, 1.165) is 18.4 Å². The van der Waals surface area contributed by atoms with Crippen LogP contribution >= 0.6 is 0 Å². The van der Waals surface area contributed by atoms with Gasteiger partial charge in [-0.25, -0.2) is 0 Å². The average molecular weight is 293 g/mol. The first-order valence-corrected chi connectivity index (χ1v) is 7.39. The van der Waals surface area contributed by atoms with E-state index in [9.17, 15) is 4.79 Å². The molecule has 2 aromatic carbocycles. The molecular formula is C19H19NO2. The maximum Gasteiger partial charge on any atom is 0.266 e. The molecule has 0 aromatic heterocycles. The number of hydrogen-bond acceptors (Lipinski definition) is 2. The zero-order chi connectivity index (χ0) is 15.6. The molecule has 3 nitrogen and oxygen atoms in total. The van der Waals surface area contributed by atoms with Crippen molar-refractivity contribution in [3.8, 4) is 17.7 Å². The van der Waals surface area contributed by atoms with Crippen molar-refractivity contribution < 1.29 is 9.53 Å². The van der Waals surface area contributed by atoms with E-state index in [4.69, 9.17) is 4.74 Å². The minimum absolute atomic E-state index is 0.254. The molecule has 0 fully saturated rings. The molecule has 112 valence electrons. The number of amides is 1. The van der Waals surface area contributed by atoms with Crippen LogP contribution in [0.15, 0.2) is 54.6 Å². The first kappa shape index (κ1) is 15.7. The van der Waals surface area contributed by atoms with E-state index in [0.29, 0.717) is 17.9 Å². The lowest BCUT2D eigenvalue weighted by atomic mass is 10.2.